The molecule has 82 valence electrons. The van der Waals surface area contributed by atoms with Crippen LogP contribution in [-0.2, 0) is 4.74 Å². The molecule has 0 aromatic carbocycles. The summed E-state index contributed by atoms with van der Waals surface area (Å²) in [7, 11) is 1.78. The highest BCUT2D eigenvalue weighted by atomic mass is 16.5. The lowest BCUT2D eigenvalue weighted by atomic mass is 10.3. The fourth-order valence-corrected chi connectivity index (χ4v) is 1.36. The predicted octanol–water partition coefficient (Wildman–Crippen LogP) is -0.234. The summed E-state index contributed by atoms with van der Waals surface area (Å²) in [6.45, 7) is 2.70. The lowest BCUT2D eigenvalue weighted by molar-refractivity contribution is 0.182. The molecule has 1 aliphatic heterocycles. The fourth-order valence-electron chi connectivity index (χ4n) is 1.36. The normalized spacial score (nSPS) is 20.9. The van der Waals surface area contributed by atoms with Gasteiger partial charge in [0.2, 0.25) is 0 Å². The fraction of sp³-hybridized carbons (Fsp3) is 0.889. The average Bonchev–Trinajstić information content (AvgIpc) is 2.66. The third kappa shape index (κ3) is 3.51. The second kappa shape index (κ2) is 5.82. The largest absolute Gasteiger partial charge is 0.379 e. The van der Waals surface area contributed by atoms with Gasteiger partial charge in [-0.1, -0.05) is 0 Å². The predicted molar refractivity (Wildman–Crippen MR) is 54.1 cm³/mol. The van der Waals surface area contributed by atoms with Gasteiger partial charge in [0, 0.05) is 20.2 Å². The van der Waals surface area contributed by atoms with Crippen LogP contribution in [0.5, 0.6) is 0 Å². The molecule has 1 rings (SSSR count). The quantitative estimate of drug-likeness (QED) is 0.660. The minimum atomic E-state index is -0.0334. The van der Waals surface area contributed by atoms with E-state index >= 15 is 0 Å². The maximum atomic E-state index is 11.5. The number of carbonyl (C=O) groups is 1. The molecule has 5 heteroatoms. The van der Waals surface area contributed by atoms with Crippen LogP contribution >= 0.6 is 0 Å². The molecule has 2 amide bonds. The minimum Gasteiger partial charge on any atom is -0.379 e. The van der Waals surface area contributed by atoms with Crippen molar-refractivity contribution in [3.8, 4) is 0 Å². The maximum absolute atomic E-state index is 11.5. The van der Waals surface area contributed by atoms with Crippen molar-refractivity contribution in [2.45, 2.75) is 18.9 Å². The first-order valence-electron chi connectivity index (χ1n) is 5.03. The van der Waals surface area contributed by atoms with Crippen LogP contribution in [0.2, 0.25) is 0 Å². The van der Waals surface area contributed by atoms with Crippen molar-refractivity contribution in [3.05, 3.63) is 0 Å². The minimum absolute atomic E-state index is 0.0334. The van der Waals surface area contributed by atoms with Crippen molar-refractivity contribution in [2.75, 3.05) is 33.4 Å². The van der Waals surface area contributed by atoms with E-state index in [1.807, 2.05) is 0 Å². The van der Waals surface area contributed by atoms with Gasteiger partial charge in [-0.15, -0.1) is 0 Å². The van der Waals surface area contributed by atoms with Crippen molar-refractivity contribution >= 4 is 6.03 Å². The molecule has 3 N–H and O–H groups in total. The van der Waals surface area contributed by atoms with E-state index in [1.165, 1.54) is 0 Å². The molecule has 0 bridgehead atoms. The molecule has 0 radical (unpaired) electrons. The first kappa shape index (κ1) is 11.3. The first-order chi connectivity index (χ1) is 6.74. The Kier molecular flexibility index (Phi) is 4.69. The van der Waals surface area contributed by atoms with Crippen LogP contribution < -0.4 is 11.1 Å². The summed E-state index contributed by atoms with van der Waals surface area (Å²) in [5.74, 6) is 0. The van der Waals surface area contributed by atoms with Gasteiger partial charge in [-0.05, 0) is 19.4 Å². The highest BCUT2D eigenvalue weighted by molar-refractivity contribution is 5.74. The highest BCUT2D eigenvalue weighted by Gasteiger charge is 2.19. The number of hydrogen-bond donors (Lipinski definition) is 2. The van der Waals surface area contributed by atoms with Crippen molar-refractivity contribution in [1.29, 1.82) is 0 Å². The van der Waals surface area contributed by atoms with Crippen LogP contribution in [0.1, 0.15) is 12.8 Å². The Labute approximate surface area is 84.6 Å². The smallest absolute Gasteiger partial charge is 0.317 e. The second-order valence-electron chi connectivity index (χ2n) is 3.57. The lowest BCUT2D eigenvalue weighted by Crippen LogP contribution is -2.43. The number of hydrogen-bond acceptors (Lipinski definition) is 3. The molecule has 1 aliphatic rings. The number of nitrogens with one attached hydrogen (secondary N) is 1. The summed E-state index contributed by atoms with van der Waals surface area (Å²) in [4.78, 5) is 13.2. The SMILES string of the molecule is CN(CCCN)C(=O)NC1CCOC1. The van der Waals surface area contributed by atoms with E-state index in [0.29, 0.717) is 19.7 Å². The van der Waals surface area contributed by atoms with Gasteiger partial charge < -0.3 is 20.7 Å². The molecule has 1 heterocycles. The van der Waals surface area contributed by atoms with E-state index in [1.54, 1.807) is 11.9 Å². The van der Waals surface area contributed by atoms with Gasteiger partial charge >= 0.3 is 6.03 Å². The van der Waals surface area contributed by atoms with Gasteiger partial charge in [0.25, 0.3) is 0 Å². The Hall–Kier alpha value is -0.810. The van der Waals surface area contributed by atoms with Gasteiger partial charge in [-0.2, -0.15) is 0 Å². The zero-order chi connectivity index (χ0) is 10.4. The van der Waals surface area contributed by atoms with Gasteiger partial charge in [-0.25, -0.2) is 4.79 Å². The molecule has 1 saturated heterocycles. The molecule has 5 nitrogen and oxygen atoms in total. The Morgan fingerprint density at radius 1 is 1.71 bits per heavy atom. The number of amides is 2. The Morgan fingerprint density at radius 3 is 3.07 bits per heavy atom. The zero-order valence-electron chi connectivity index (χ0n) is 8.66. The third-order valence-corrected chi connectivity index (χ3v) is 2.30. The lowest BCUT2D eigenvalue weighted by Gasteiger charge is -2.19. The maximum Gasteiger partial charge on any atom is 0.317 e. The molecule has 0 aromatic heterocycles. The summed E-state index contributed by atoms with van der Waals surface area (Å²) in [6.07, 6.45) is 1.75. The van der Waals surface area contributed by atoms with Gasteiger partial charge in [0.1, 0.15) is 0 Å². The van der Waals surface area contributed by atoms with Crippen LogP contribution in [-0.4, -0.2) is 50.3 Å². The summed E-state index contributed by atoms with van der Waals surface area (Å²) >= 11 is 0. The second-order valence-corrected chi connectivity index (χ2v) is 3.57. The molecule has 0 aromatic rings. The number of carbonyl (C=O) groups excluding carboxylic acids is 1. The summed E-state index contributed by atoms with van der Waals surface area (Å²) in [5, 5.41) is 2.91. The third-order valence-electron chi connectivity index (χ3n) is 2.30. The Balaban J connectivity index is 2.18. The molecule has 1 atom stereocenters. The number of nitrogens with two attached hydrogens (primary N) is 1. The van der Waals surface area contributed by atoms with Crippen LogP contribution in [0.15, 0.2) is 0 Å². The van der Waals surface area contributed by atoms with Gasteiger partial charge in [0.05, 0.1) is 12.6 Å². The van der Waals surface area contributed by atoms with E-state index < -0.39 is 0 Å². The van der Waals surface area contributed by atoms with Gasteiger partial charge in [-0.3, -0.25) is 0 Å². The number of rotatable bonds is 4. The van der Waals surface area contributed by atoms with E-state index in [-0.39, 0.29) is 12.1 Å². The topological polar surface area (TPSA) is 67.6 Å². The number of urea groups is 1. The van der Waals surface area contributed by atoms with E-state index in [2.05, 4.69) is 5.32 Å². The molecular formula is C9H19N3O2. The molecule has 0 spiro atoms. The van der Waals surface area contributed by atoms with E-state index in [9.17, 15) is 4.79 Å². The molecule has 14 heavy (non-hydrogen) atoms. The summed E-state index contributed by atoms with van der Waals surface area (Å²) in [5.41, 5.74) is 5.36. The monoisotopic (exact) mass is 201 g/mol. The molecule has 0 aliphatic carbocycles. The van der Waals surface area contributed by atoms with Crippen molar-refractivity contribution in [1.82, 2.24) is 10.2 Å². The zero-order valence-corrected chi connectivity index (χ0v) is 8.66. The van der Waals surface area contributed by atoms with Crippen LogP contribution in [0, 0.1) is 0 Å². The molecule has 1 unspecified atom stereocenters. The highest BCUT2D eigenvalue weighted by Crippen LogP contribution is 2.03. The first-order valence-corrected chi connectivity index (χ1v) is 5.03. The van der Waals surface area contributed by atoms with Crippen molar-refractivity contribution < 1.29 is 9.53 Å². The Bertz CT molecular complexity index is 181. The number of nitrogens with zero attached hydrogens (tertiary/aromatic N) is 1. The van der Waals surface area contributed by atoms with Crippen LogP contribution in [0.4, 0.5) is 4.79 Å². The molecule has 1 fully saturated rings. The molecule has 0 saturated carbocycles. The van der Waals surface area contributed by atoms with E-state index in [4.69, 9.17) is 10.5 Å². The van der Waals surface area contributed by atoms with Crippen molar-refractivity contribution in [3.63, 3.8) is 0 Å². The standard InChI is InChI=1S/C9H19N3O2/c1-12(5-2-4-10)9(13)11-8-3-6-14-7-8/h8H,2-7,10H2,1H3,(H,11,13). The Morgan fingerprint density at radius 2 is 2.50 bits per heavy atom. The number of ether oxygens (including phenoxy) is 1. The van der Waals surface area contributed by atoms with Gasteiger partial charge in [0.15, 0.2) is 0 Å². The van der Waals surface area contributed by atoms with Crippen LogP contribution in [0.25, 0.3) is 0 Å². The molecular weight excluding hydrogens is 182 g/mol. The van der Waals surface area contributed by atoms with Crippen LogP contribution in [0.3, 0.4) is 0 Å². The van der Waals surface area contributed by atoms with Crippen molar-refractivity contribution in [2.24, 2.45) is 5.73 Å². The summed E-state index contributed by atoms with van der Waals surface area (Å²) < 4.78 is 5.17. The van der Waals surface area contributed by atoms with E-state index in [0.717, 1.165) is 19.4 Å². The summed E-state index contributed by atoms with van der Waals surface area (Å²) in [6, 6.07) is 0.150. The average molecular weight is 201 g/mol.